The van der Waals surface area contributed by atoms with Gasteiger partial charge in [0.25, 0.3) is 47.3 Å². The average molecular weight is 997 g/mol. The molecule has 66 heavy (non-hydrogen) atoms. The number of carbonyl (C=O) groups excluding carboxylic acids is 8. The summed E-state index contributed by atoms with van der Waals surface area (Å²) in [6.45, 7) is 5.18. The van der Waals surface area contributed by atoms with Crippen molar-refractivity contribution in [2.75, 3.05) is 112 Å². The van der Waals surface area contributed by atoms with Crippen molar-refractivity contribution in [2.45, 2.75) is 63.3 Å². The fourth-order valence-corrected chi connectivity index (χ4v) is 10.3. The summed E-state index contributed by atoms with van der Waals surface area (Å²) < 4.78 is 38.7. The Hall–Kier alpha value is -3.32. The van der Waals surface area contributed by atoms with Crippen LogP contribution in [0.2, 0.25) is 0 Å². The summed E-state index contributed by atoms with van der Waals surface area (Å²) in [7, 11) is 0. The van der Waals surface area contributed by atoms with E-state index in [1.54, 1.807) is 47.0 Å². The highest BCUT2D eigenvalue weighted by Crippen LogP contribution is 2.30. The molecule has 5 atom stereocenters. The van der Waals surface area contributed by atoms with Gasteiger partial charge >= 0.3 is 0 Å². The van der Waals surface area contributed by atoms with Crippen molar-refractivity contribution in [1.82, 2.24) is 19.6 Å². The predicted molar refractivity (Wildman–Crippen MR) is 252 cm³/mol. The fourth-order valence-electron chi connectivity index (χ4n) is 7.24. The highest BCUT2D eigenvalue weighted by molar-refractivity contribution is 7.99. The van der Waals surface area contributed by atoms with E-state index < -0.39 is 30.7 Å². The summed E-state index contributed by atoms with van der Waals surface area (Å²) in [6.07, 6.45) is 9.48. The van der Waals surface area contributed by atoms with Gasteiger partial charge in [0.2, 0.25) is 0 Å². The second kappa shape index (κ2) is 29.5. The molecule has 18 nitrogen and oxygen atoms in total. The maximum atomic E-state index is 12.0. The summed E-state index contributed by atoms with van der Waals surface area (Å²) in [5.41, 5.74) is 0. The van der Waals surface area contributed by atoms with Gasteiger partial charge in [0.1, 0.15) is 24.4 Å². The normalized spacial score (nSPS) is 23.0. The van der Waals surface area contributed by atoms with Crippen LogP contribution in [-0.2, 0) is 66.8 Å². The minimum Gasteiger partial charge on any atom is -0.378 e. The smallest absolute Gasteiger partial charge is 0.253 e. The van der Waals surface area contributed by atoms with E-state index in [9.17, 15) is 38.4 Å². The highest BCUT2D eigenvalue weighted by Gasteiger charge is 2.49. The largest absolute Gasteiger partial charge is 0.378 e. The molecule has 0 aromatic rings. The Morgan fingerprint density at radius 2 is 0.742 bits per heavy atom. The van der Waals surface area contributed by atoms with E-state index >= 15 is 0 Å². The Morgan fingerprint density at radius 1 is 0.424 bits per heavy atom. The van der Waals surface area contributed by atoms with Crippen molar-refractivity contribution in [3.8, 4) is 0 Å². The molecule has 364 valence electrons. The first-order chi connectivity index (χ1) is 32.1. The molecule has 1 fully saturated rings. The van der Waals surface area contributed by atoms with Crippen LogP contribution in [0.4, 0.5) is 0 Å². The number of carbonyl (C=O) groups is 8. The molecule has 0 spiro atoms. The molecule has 0 aromatic carbocycles. The summed E-state index contributed by atoms with van der Waals surface area (Å²) in [5.74, 6) is 3.02. The average Bonchev–Trinajstić information content (AvgIpc) is 4.02. The molecular formula is C44H60N4O14S4. The minimum absolute atomic E-state index is 0.174. The van der Waals surface area contributed by atoms with Crippen LogP contribution in [-0.4, -0.2) is 209 Å². The van der Waals surface area contributed by atoms with Crippen molar-refractivity contribution in [1.29, 1.82) is 0 Å². The van der Waals surface area contributed by atoms with Gasteiger partial charge < -0.3 is 28.4 Å². The number of hydrogen-bond acceptors (Lipinski definition) is 18. The van der Waals surface area contributed by atoms with Crippen LogP contribution in [0.15, 0.2) is 48.6 Å². The third-order valence-corrected chi connectivity index (χ3v) is 14.6. The number of amides is 8. The van der Waals surface area contributed by atoms with Crippen LogP contribution < -0.4 is 0 Å². The molecule has 0 unspecified atom stereocenters. The van der Waals surface area contributed by atoms with Gasteiger partial charge in [-0.1, -0.05) is 0 Å². The molecule has 0 aliphatic carbocycles. The molecular weight excluding hydrogens is 937 g/mol. The number of hydrogen-bond donors (Lipinski definition) is 0. The molecule has 0 N–H and O–H groups in total. The first-order valence-electron chi connectivity index (χ1n) is 22.2. The van der Waals surface area contributed by atoms with Crippen LogP contribution in [0.25, 0.3) is 0 Å². The van der Waals surface area contributed by atoms with E-state index in [0.717, 1.165) is 5.75 Å². The number of ether oxygens (including phenoxy) is 6. The van der Waals surface area contributed by atoms with Gasteiger partial charge in [0, 0.05) is 104 Å². The second-order valence-corrected chi connectivity index (χ2v) is 20.0. The Balaban J connectivity index is 1.16. The first-order valence-corrected chi connectivity index (χ1v) is 26.9. The van der Waals surface area contributed by atoms with Crippen molar-refractivity contribution in [2.24, 2.45) is 0 Å². The molecule has 0 aromatic heterocycles. The molecule has 5 aliphatic heterocycles. The Labute approximate surface area is 402 Å². The van der Waals surface area contributed by atoms with Crippen molar-refractivity contribution >= 4 is 94.3 Å². The van der Waals surface area contributed by atoms with Gasteiger partial charge in [-0.15, -0.1) is 0 Å². The Morgan fingerprint density at radius 3 is 1.09 bits per heavy atom. The molecule has 0 radical (unpaired) electrons. The van der Waals surface area contributed by atoms with Crippen LogP contribution in [0.3, 0.4) is 0 Å². The van der Waals surface area contributed by atoms with E-state index in [4.69, 9.17) is 28.4 Å². The van der Waals surface area contributed by atoms with Gasteiger partial charge in [-0.25, -0.2) is 0 Å². The molecule has 1 saturated heterocycles. The fraction of sp³-hybridized carbons (Fsp3) is 0.636. The topological polar surface area (TPSA) is 205 Å². The Kier molecular flexibility index (Phi) is 24.0. The number of thioether (sulfide) groups is 4. The molecule has 0 bridgehead atoms. The zero-order valence-electron chi connectivity index (χ0n) is 37.2. The third-order valence-electron chi connectivity index (χ3n) is 10.5. The lowest BCUT2D eigenvalue weighted by atomic mass is 9.98. The van der Waals surface area contributed by atoms with Crippen LogP contribution >= 0.6 is 47.0 Å². The summed E-state index contributed by atoms with van der Waals surface area (Å²) in [4.78, 5) is 100. The SMILES string of the molecule is CCO[C@H]1O[C@H](COCCSCCCN2C(=O)C=CC2=O)[C@H](OCCSCCCN2C(=O)C=CC2=O)[C@H](OCCSCCCN2C(=O)C=CC2=O)[C@H]1OCCSCCCN1C(=O)C=CC1=O. The van der Waals surface area contributed by atoms with E-state index in [2.05, 4.69) is 0 Å². The van der Waals surface area contributed by atoms with E-state index in [1.807, 2.05) is 6.92 Å². The van der Waals surface area contributed by atoms with Crippen LogP contribution in [0.5, 0.6) is 0 Å². The monoisotopic (exact) mass is 996 g/mol. The van der Waals surface area contributed by atoms with Gasteiger partial charge in [-0.05, 0) is 55.6 Å². The Bertz CT molecular complexity index is 1740. The van der Waals surface area contributed by atoms with Crippen molar-refractivity contribution in [3.05, 3.63) is 48.6 Å². The summed E-state index contributed by atoms with van der Waals surface area (Å²) in [6, 6.07) is 0. The van der Waals surface area contributed by atoms with Gasteiger partial charge in [-0.2, -0.15) is 47.0 Å². The standard InChI is InChI=1S/C44H60N4O14S4/c1-2-58-44-43(61-22-30-66-26-6-18-48-39(55)13-14-40(48)56)42(60-21-29-65-25-5-17-47-37(53)11-12-38(47)54)41(59-20-28-64-24-4-16-46-35(51)9-10-36(46)52)32(62-44)31-57-19-27-63-23-3-15-45-33(49)7-8-34(45)50/h7-14,32,41-44H,2-6,15-31H2,1H3/t32-,41+,42+,43-,44+/m1/s1. The summed E-state index contributed by atoms with van der Waals surface area (Å²) >= 11 is 6.57. The van der Waals surface area contributed by atoms with E-state index in [0.29, 0.717) is 125 Å². The van der Waals surface area contributed by atoms with E-state index in [-0.39, 0.29) is 53.9 Å². The third kappa shape index (κ3) is 17.0. The zero-order valence-corrected chi connectivity index (χ0v) is 40.5. The van der Waals surface area contributed by atoms with Crippen molar-refractivity contribution in [3.63, 3.8) is 0 Å². The predicted octanol–water partition coefficient (Wildman–Crippen LogP) is 2.11. The maximum absolute atomic E-state index is 12.0. The zero-order chi connectivity index (χ0) is 47.1. The molecule has 5 heterocycles. The van der Waals surface area contributed by atoms with Crippen LogP contribution in [0, 0.1) is 0 Å². The lowest BCUT2D eigenvalue weighted by Crippen LogP contribution is -2.62. The number of rotatable bonds is 35. The number of nitrogens with zero attached hydrogens (tertiary/aromatic N) is 4. The minimum atomic E-state index is -0.810. The molecule has 5 rings (SSSR count). The van der Waals surface area contributed by atoms with Gasteiger partial charge in [0.15, 0.2) is 6.29 Å². The van der Waals surface area contributed by atoms with Crippen molar-refractivity contribution < 1.29 is 66.8 Å². The van der Waals surface area contributed by atoms with E-state index in [1.165, 1.54) is 68.2 Å². The molecule has 22 heteroatoms. The maximum Gasteiger partial charge on any atom is 0.253 e. The lowest BCUT2D eigenvalue weighted by Gasteiger charge is -2.45. The molecule has 5 aliphatic rings. The van der Waals surface area contributed by atoms with Gasteiger partial charge in [-0.3, -0.25) is 58.0 Å². The number of imide groups is 4. The molecule has 8 amide bonds. The summed E-state index contributed by atoms with van der Waals surface area (Å²) in [5, 5.41) is 0. The quantitative estimate of drug-likeness (QED) is 0.0659. The van der Waals surface area contributed by atoms with Gasteiger partial charge in [0.05, 0.1) is 33.0 Å². The lowest BCUT2D eigenvalue weighted by molar-refractivity contribution is -0.320. The second-order valence-electron chi connectivity index (χ2n) is 15.1. The molecule has 0 saturated carbocycles. The first kappa shape index (κ1) is 53.6. The van der Waals surface area contributed by atoms with Crippen LogP contribution in [0.1, 0.15) is 32.6 Å². The highest BCUT2D eigenvalue weighted by atomic mass is 32.2.